The number of halogens is 3. The van der Waals surface area contributed by atoms with Gasteiger partial charge in [-0.05, 0) is 23.6 Å². The molecule has 0 fully saturated rings. The molecule has 0 amide bonds. The minimum atomic E-state index is -0.791. The molecule has 3 heteroatoms. The Bertz CT molecular complexity index is 273. The van der Waals surface area contributed by atoms with Gasteiger partial charge in [0, 0.05) is 5.33 Å². The van der Waals surface area contributed by atoms with Crippen molar-refractivity contribution in [3.05, 3.63) is 35.4 Å². The lowest BCUT2D eigenvalue weighted by molar-refractivity contribution is 0.506. The van der Waals surface area contributed by atoms with Crippen LogP contribution in [-0.4, -0.2) is 5.33 Å². The van der Waals surface area contributed by atoms with E-state index in [0.717, 1.165) is 17.0 Å². The minimum absolute atomic E-state index is 0.208. The maximum Gasteiger partial charge on any atom is 0.159 e. The maximum absolute atomic E-state index is 12.7. The van der Waals surface area contributed by atoms with Gasteiger partial charge in [0.25, 0.3) is 0 Å². The summed E-state index contributed by atoms with van der Waals surface area (Å²) in [6.07, 6.45) is 0. The minimum Gasteiger partial charge on any atom is -0.204 e. The molecule has 0 spiro atoms. The molecule has 1 rings (SSSR count). The molecule has 1 aromatic carbocycles. The fourth-order valence-electron chi connectivity index (χ4n) is 0.908. The van der Waals surface area contributed by atoms with Crippen molar-refractivity contribution in [3.63, 3.8) is 0 Å². The van der Waals surface area contributed by atoms with Crippen molar-refractivity contribution < 1.29 is 8.78 Å². The van der Waals surface area contributed by atoms with E-state index in [-0.39, 0.29) is 5.92 Å². The topological polar surface area (TPSA) is 0 Å². The van der Waals surface area contributed by atoms with Crippen molar-refractivity contribution in [2.45, 2.75) is 12.8 Å². The molecular formula is C9H9BrF2. The number of hydrogen-bond acceptors (Lipinski definition) is 0. The first kappa shape index (κ1) is 9.65. The molecule has 0 aromatic heterocycles. The number of hydrogen-bond donors (Lipinski definition) is 0. The second-order valence-corrected chi connectivity index (χ2v) is 3.38. The van der Waals surface area contributed by atoms with Crippen LogP contribution in [-0.2, 0) is 0 Å². The third kappa shape index (κ3) is 2.03. The van der Waals surface area contributed by atoms with Crippen LogP contribution in [0.25, 0.3) is 0 Å². The van der Waals surface area contributed by atoms with Crippen LogP contribution in [0.3, 0.4) is 0 Å². The standard InChI is InChI=1S/C9H9BrF2/c1-6(5-10)7-2-3-8(11)9(12)4-7/h2-4,6H,5H2,1H3. The molecule has 0 nitrogen and oxygen atoms in total. The van der Waals surface area contributed by atoms with Gasteiger partial charge in [-0.3, -0.25) is 0 Å². The van der Waals surface area contributed by atoms with Crippen LogP contribution in [0, 0.1) is 11.6 Å². The summed E-state index contributed by atoms with van der Waals surface area (Å²) in [5.74, 6) is -1.36. The van der Waals surface area contributed by atoms with Gasteiger partial charge < -0.3 is 0 Å². The van der Waals surface area contributed by atoms with Gasteiger partial charge in [-0.2, -0.15) is 0 Å². The predicted molar refractivity (Wildman–Crippen MR) is 48.6 cm³/mol. The van der Waals surface area contributed by atoms with E-state index < -0.39 is 11.6 Å². The van der Waals surface area contributed by atoms with Crippen LogP contribution in [0.2, 0.25) is 0 Å². The van der Waals surface area contributed by atoms with Gasteiger partial charge in [0.1, 0.15) is 0 Å². The van der Waals surface area contributed by atoms with Crippen LogP contribution < -0.4 is 0 Å². The molecular weight excluding hydrogens is 226 g/mol. The Morgan fingerprint density at radius 1 is 1.33 bits per heavy atom. The lowest BCUT2D eigenvalue weighted by Gasteiger charge is -2.07. The summed E-state index contributed by atoms with van der Waals surface area (Å²) < 4.78 is 25.2. The Balaban J connectivity index is 2.96. The zero-order valence-electron chi connectivity index (χ0n) is 6.65. The highest BCUT2D eigenvalue weighted by atomic mass is 79.9. The Morgan fingerprint density at radius 2 is 2.00 bits per heavy atom. The van der Waals surface area contributed by atoms with Gasteiger partial charge in [0.15, 0.2) is 11.6 Å². The van der Waals surface area contributed by atoms with Crippen LogP contribution in [0.5, 0.6) is 0 Å². The van der Waals surface area contributed by atoms with Crippen molar-refractivity contribution >= 4 is 15.9 Å². The number of rotatable bonds is 2. The van der Waals surface area contributed by atoms with E-state index in [0.29, 0.717) is 0 Å². The Morgan fingerprint density at radius 3 is 2.50 bits per heavy atom. The van der Waals surface area contributed by atoms with Gasteiger partial charge >= 0.3 is 0 Å². The Labute approximate surface area is 78.7 Å². The van der Waals surface area contributed by atoms with Crippen LogP contribution in [0.15, 0.2) is 18.2 Å². The second-order valence-electron chi connectivity index (χ2n) is 2.73. The molecule has 0 heterocycles. The lowest BCUT2D eigenvalue weighted by atomic mass is 10.0. The largest absolute Gasteiger partial charge is 0.204 e. The average molecular weight is 235 g/mol. The molecule has 0 aliphatic rings. The molecule has 0 N–H and O–H groups in total. The lowest BCUT2D eigenvalue weighted by Crippen LogP contribution is -1.96. The third-order valence-corrected chi connectivity index (χ3v) is 2.72. The van der Waals surface area contributed by atoms with Crippen molar-refractivity contribution in [3.8, 4) is 0 Å². The fourth-order valence-corrected chi connectivity index (χ4v) is 1.28. The van der Waals surface area contributed by atoms with Gasteiger partial charge in [-0.25, -0.2) is 8.78 Å². The summed E-state index contributed by atoms with van der Waals surface area (Å²) in [6, 6.07) is 4.00. The highest BCUT2D eigenvalue weighted by molar-refractivity contribution is 9.09. The molecule has 0 bridgehead atoms. The molecule has 0 saturated heterocycles. The second kappa shape index (κ2) is 3.99. The monoisotopic (exact) mass is 234 g/mol. The van der Waals surface area contributed by atoms with E-state index >= 15 is 0 Å². The van der Waals surface area contributed by atoms with Gasteiger partial charge in [-0.15, -0.1) is 0 Å². The molecule has 12 heavy (non-hydrogen) atoms. The zero-order chi connectivity index (χ0) is 9.14. The van der Waals surface area contributed by atoms with E-state index in [4.69, 9.17) is 0 Å². The Hall–Kier alpha value is -0.440. The van der Waals surface area contributed by atoms with Gasteiger partial charge in [-0.1, -0.05) is 28.9 Å². The van der Waals surface area contributed by atoms with E-state index in [1.165, 1.54) is 6.07 Å². The summed E-state index contributed by atoms with van der Waals surface area (Å²) in [5.41, 5.74) is 0.811. The number of benzene rings is 1. The fraction of sp³-hybridized carbons (Fsp3) is 0.333. The molecule has 66 valence electrons. The predicted octanol–water partition coefficient (Wildman–Crippen LogP) is 3.46. The third-order valence-electron chi connectivity index (χ3n) is 1.74. The SMILES string of the molecule is CC(CBr)c1ccc(F)c(F)c1. The summed E-state index contributed by atoms with van der Waals surface area (Å²) >= 11 is 3.28. The van der Waals surface area contributed by atoms with Gasteiger partial charge in [0.05, 0.1) is 0 Å². The molecule has 0 radical (unpaired) electrons. The number of alkyl halides is 1. The normalized spacial score (nSPS) is 13.0. The van der Waals surface area contributed by atoms with Crippen molar-refractivity contribution in [1.29, 1.82) is 0 Å². The summed E-state index contributed by atoms with van der Waals surface area (Å²) in [6.45, 7) is 1.95. The van der Waals surface area contributed by atoms with Gasteiger partial charge in [0.2, 0.25) is 0 Å². The first-order chi connectivity index (χ1) is 5.65. The highest BCUT2D eigenvalue weighted by Gasteiger charge is 2.07. The maximum atomic E-state index is 12.7. The zero-order valence-corrected chi connectivity index (χ0v) is 8.24. The first-order valence-electron chi connectivity index (χ1n) is 3.66. The molecule has 1 aromatic rings. The van der Waals surface area contributed by atoms with Crippen molar-refractivity contribution in [1.82, 2.24) is 0 Å². The molecule has 1 atom stereocenters. The Kier molecular flexibility index (Phi) is 3.20. The van der Waals surface area contributed by atoms with Crippen LogP contribution >= 0.6 is 15.9 Å². The van der Waals surface area contributed by atoms with E-state index in [9.17, 15) is 8.78 Å². The van der Waals surface area contributed by atoms with Crippen LogP contribution in [0.4, 0.5) is 8.78 Å². The summed E-state index contributed by atoms with van der Waals surface area (Å²) in [7, 11) is 0. The molecule has 0 saturated carbocycles. The van der Waals surface area contributed by atoms with Crippen molar-refractivity contribution in [2.75, 3.05) is 5.33 Å². The smallest absolute Gasteiger partial charge is 0.159 e. The highest BCUT2D eigenvalue weighted by Crippen LogP contribution is 2.19. The van der Waals surface area contributed by atoms with E-state index in [1.807, 2.05) is 6.92 Å². The van der Waals surface area contributed by atoms with Crippen molar-refractivity contribution in [2.24, 2.45) is 0 Å². The van der Waals surface area contributed by atoms with E-state index in [2.05, 4.69) is 15.9 Å². The molecule has 1 unspecified atom stereocenters. The van der Waals surface area contributed by atoms with Crippen LogP contribution in [0.1, 0.15) is 18.4 Å². The summed E-state index contributed by atoms with van der Waals surface area (Å²) in [4.78, 5) is 0. The quantitative estimate of drug-likeness (QED) is 0.688. The molecule has 0 aliphatic heterocycles. The van der Waals surface area contributed by atoms with E-state index in [1.54, 1.807) is 6.07 Å². The average Bonchev–Trinajstić information content (AvgIpc) is 2.08. The first-order valence-corrected chi connectivity index (χ1v) is 4.78. The summed E-state index contributed by atoms with van der Waals surface area (Å²) in [5, 5.41) is 0.748. The molecule has 0 aliphatic carbocycles.